The Morgan fingerprint density at radius 3 is 2.52 bits per heavy atom. The Morgan fingerprint density at radius 2 is 1.88 bits per heavy atom. The average Bonchev–Trinajstić information content (AvgIpc) is 2.59. The monoisotopic (exact) mass is 410 g/mol. The van der Waals surface area contributed by atoms with Gasteiger partial charge in [0.2, 0.25) is 0 Å². The summed E-state index contributed by atoms with van der Waals surface area (Å²) in [4.78, 5) is 36.2. The van der Waals surface area contributed by atoms with Gasteiger partial charge in [-0.15, -0.1) is 0 Å². The number of rotatable bonds is 6. The van der Waals surface area contributed by atoms with Gasteiger partial charge in [0.15, 0.2) is 0 Å². The van der Waals surface area contributed by atoms with Crippen LogP contribution in [0, 0.1) is 0 Å². The number of halogens is 1. The smallest absolute Gasteiger partial charge is 0.339 e. The molecule has 7 nitrogen and oxygen atoms in total. The van der Waals surface area contributed by atoms with Crippen molar-refractivity contribution in [2.75, 3.05) is 13.2 Å². The minimum Gasteiger partial charge on any atom is -0.463 e. The molecule has 0 unspecified atom stereocenters. The lowest BCUT2D eigenvalue weighted by atomic mass is 10.0. The van der Waals surface area contributed by atoms with Gasteiger partial charge in [-0.3, -0.25) is 0 Å². The second-order valence-corrected chi connectivity index (χ2v) is 6.08. The van der Waals surface area contributed by atoms with Gasteiger partial charge in [-0.05, 0) is 41.4 Å². The molecule has 2 amide bonds. The van der Waals surface area contributed by atoms with Crippen LogP contribution in [0.5, 0.6) is 0 Å². The Morgan fingerprint density at radius 1 is 1.16 bits per heavy atom. The van der Waals surface area contributed by atoms with Gasteiger partial charge in [-0.25, -0.2) is 14.4 Å². The number of hydrogen-bond donors (Lipinski definition) is 2. The van der Waals surface area contributed by atoms with E-state index < -0.39 is 24.0 Å². The third-order valence-corrected chi connectivity index (χ3v) is 4.28. The molecule has 8 heteroatoms. The number of ether oxygens (including phenoxy) is 2. The highest BCUT2D eigenvalue weighted by atomic mass is 79.9. The molecular weight excluding hydrogens is 392 g/mol. The predicted octanol–water partition coefficient (Wildman–Crippen LogP) is 2.51. The van der Waals surface area contributed by atoms with Crippen LogP contribution in [0.2, 0.25) is 0 Å². The molecule has 2 N–H and O–H groups in total. The fraction of sp³-hybridized carbons (Fsp3) is 0.353. The van der Waals surface area contributed by atoms with Crippen molar-refractivity contribution in [3.8, 4) is 0 Å². The standard InChI is InChI=1S/C17H19BrN2O5/c1-3-12-14(16(22)24-4-2)13(20-17(23)19-12)9-25-15(21)10-7-5-6-8-11(10)18/h5-8,12H,3-4,9H2,1-2H3,(H2,19,20,23)/t12-/m1/s1. The van der Waals surface area contributed by atoms with E-state index in [1.165, 1.54) is 0 Å². The molecule has 134 valence electrons. The van der Waals surface area contributed by atoms with E-state index in [1.54, 1.807) is 31.2 Å². The lowest BCUT2D eigenvalue weighted by molar-refractivity contribution is -0.139. The average molecular weight is 411 g/mol. The number of benzene rings is 1. The summed E-state index contributed by atoms with van der Waals surface area (Å²) in [6.45, 7) is 3.50. The maximum Gasteiger partial charge on any atom is 0.339 e. The molecule has 1 aromatic carbocycles. The van der Waals surface area contributed by atoms with Crippen LogP contribution in [-0.4, -0.2) is 37.2 Å². The predicted molar refractivity (Wildman–Crippen MR) is 93.8 cm³/mol. The van der Waals surface area contributed by atoms with E-state index in [4.69, 9.17) is 9.47 Å². The van der Waals surface area contributed by atoms with Gasteiger partial charge < -0.3 is 20.1 Å². The molecule has 1 aromatic rings. The summed E-state index contributed by atoms with van der Waals surface area (Å²) in [6.07, 6.45) is 0.503. The van der Waals surface area contributed by atoms with Gasteiger partial charge in [-0.2, -0.15) is 0 Å². The van der Waals surface area contributed by atoms with Crippen molar-refractivity contribution in [3.63, 3.8) is 0 Å². The zero-order chi connectivity index (χ0) is 18.4. The van der Waals surface area contributed by atoms with E-state index >= 15 is 0 Å². The molecule has 1 atom stereocenters. The lowest BCUT2D eigenvalue weighted by Gasteiger charge is -2.28. The van der Waals surface area contributed by atoms with Crippen molar-refractivity contribution in [2.24, 2.45) is 0 Å². The SMILES string of the molecule is CCOC(=O)C1=C(COC(=O)c2ccccc2Br)NC(=O)N[C@@H]1CC. The van der Waals surface area contributed by atoms with Gasteiger partial charge in [0.1, 0.15) is 6.61 Å². The fourth-order valence-electron chi connectivity index (χ4n) is 2.42. The quantitative estimate of drug-likeness (QED) is 0.702. The summed E-state index contributed by atoms with van der Waals surface area (Å²) in [5, 5.41) is 5.19. The first-order chi connectivity index (χ1) is 12.0. The largest absolute Gasteiger partial charge is 0.463 e. The molecule has 0 radical (unpaired) electrons. The minimum absolute atomic E-state index is 0.205. The molecule has 0 spiro atoms. The van der Waals surface area contributed by atoms with Crippen molar-refractivity contribution in [2.45, 2.75) is 26.3 Å². The second-order valence-electron chi connectivity index (χ2n) is 5.23. The maximum atomic E-state index is 12.2. The van der Waals surface area contributed by atoms with E-state index in [-0.39, 0.29) is 24.5 Å². The molecule has 1 aliphatic heterocycles. The summed E-state index contributed by atoms with van der Waals surface area (Å²) in [7, 11) is 0. The van der Waals surface area contributed by atoms with Crippen LogP contribution in [-0.2, 0) is 14.3 Å². The number of urea groups is 1. The highest BCUT2D eigenvalue weighted by Crippen LogP contribution is 2.20. The fourth-order valence-corrected chi connectivity index (χ4v) is 2.86. The molecule has 0 saturated carbocycles. The first-order valence-electron chi connectivity index (χ1n) is 7.87. The molecule has 2 rings (SSSR count). The number of hydrogen-bond acceptors (Lipinski definition) is 5. The Labute approximate surface area is 153 Å². The van der Waals surface area contributed by atoms with Crippen molar-refractivity contribution >= 4 is 33.9 Å². The highest BCUT2D eigenvalue weighted by molar-refractivity contribution is 9.10. The maximum absolute atomic E-state index is 12.2. The van der Waals surface area contributed by atoms with Gasteiger partial charge in [0.25, 0.3) is 0 Å². The van der Waals surface area contributed by atoms with E-state index in [9.17, 15) is 14.4 Å². The second kappa shape index (κ2) is 8.66. The number of carbonyl (C=O) groups is 3. The van der Waals surface area contributed by atoms with Crippen LogP contribution < -0.4 is 10.6 Å². The van der Waals surface area contributed by atoms with Gasteiger partial charge in [0.05, 0.1) is 29.5 Å². The molecule has 1 heterocycles. The van der Waals surface area contributed by atoms with E-state index in [0.717, 1.165) is 0 Å². The summed E-state index contributed by atoms with van der Waals surface area (Å²) in [6, 6.07) is 5.88. The Bertz CT molecular complexity index is 717. The Kier molecular flexibility index (Phi) is 6.58. The summed E-state index contributed by atoms with van der Waals surface area (Å²) >= 11 is 3.28. The van der Waals surface area contributed by atoms with Crippen LogP contribution in [0.4, 0.5) is 4.79 Å². The number of carbonyl (C=O) groups excluding carboxylic acids is 3. The normalized spacial score (nSPS) is 16.8. The molecular formula is C17H19BrN2O5. The van der Waals surface area contributed by atoms with Crippen molar-refractivity contribution < 1.29 is 23.9 Å². The summed E-state index contributed by atoms with van der Waals surface area (Å²) in [5.41, 5.74) is 0.853. The zero-order valence-electron chi connectivity index (χ0n) is 13.9. The highest BCUT2D eigenvalue weighted by Gasteiger charge is 2.32. The van der Waals surface area contributed by atoms with Crippen LogP contribution >= 0.6 is 15.9 Å². The molecule has 0 aromatic heterocycles. The molecule has 0 bridgehead atoms. The first kappa shape index (κ1) is 19.0. The number of amides is 2. The van der Waals surface area contributed by atoms with Gasteiger partial charge in [0, 0.05) is 4.47 Å². The van der Waals surface area contributed by atoms with E-state index in [1.807, 2.05) is 6.92 Å². The lowest BCUT2D eigenvalue weighted by Crippen LogP contribution is -2.51. The summed E-state index contributed by atoms with van der Waals surface area (Å²) in [5.74, 6) is -1.11. The van der Waals surface area contributed by atoms with E-state index in [0.29, 0.717) is 16.5 Å². The topological polar surface area (TPSA) is 93.7 Å². The molecule has 0 saturated heterocycles. The van der Waals surface area contributed by atoms with Gasteiger partial charge in [-0.1, -0.05) is 19.1 Å². The number of nitrogens with one attached hydrogen (secondary N) is 2. The zero-order valence-corrected chi connectivity index (χ0v) is 15.5. The Balaban J connectivity index is 2.22. The van der Waals surface area contributed by atoms with Crippen LogP contribution in [0.1, 0.15) is 30.6 Å². The molecule has 1 aliphatic rings. The van der Waals surface area contributed by atoms with Crippen LogP contribution in [0.25, 0.3) is 0 Å². The van der Waals surface area contributed by atoms with Crippen LogP contribution in [0.3, 0.4) is 0 Å². The first-order valence-corrected chi connectivity index (χ1v) is 8.66. The Hall–Kier alpha value is -2.35. The third kappa shape index (κ3) is 4.60. The number of esters is 2. The van der Waals surface area contributed by atoms with Crippen molar-refractivity contribution in [3.05, 3.63) is 45.6 Å². The molecule has 25 heavy (non-hydrogen) atoms. The minimum atomic E-state index is -0.566. The van der Waals surface area contributed by atoms with Crippen LogP contribution in [0.15, 0.2) is 40.0 Å². The van der Waals surface area contributed by atoms with Gasteiger partial charge >= 0.3 is 18.0 Å². The van der Waals surface area contributed by atoms with E-state index in [2.05, 4.69) is 26.6 Å². The third-order valence-electron chi connectivity index (χ3n) is 3.59. The molecule has 0 aliphatic carbocycles. The van der Waals surface area contributed by atoms with Crippen molar-refractivity contribution in [1.29, 1.82) is 0 Å². The molecule has 0 fully saturated rings. The summed E-state index contributed by atoms with van der Waals surface area (Å²) < 4.78 is 10.9. The van der Waals surface area contributed by atoms with Crippen molar-refractivity contribution in [1.82, 2.24) is 10.6 Å².